The molecule has 1 atom stereocenters. The van der Waals surface area contributed by atoms with Crippen molar-refractivity contribution < 1.29 is 14.3 Å². The summed E-state index contributed by atoms with van der Waals surface area (Å²) in [6.07, 6.45) is 5.18. The van der Waals surface area contributed by atoms with Crippen molar-refractivity contribution in [2.24, 2.45) is 11.8 Å². The molecule has 5 nitrogen and oxygen atoms in total. The van der Waals surface area contributed by atoms with Gasteiger partial charge in [-0.15, -0.1) is 0 Å². The van der Waals surface area contributed by atoms with E-state index in [1.807, 2.05) is 30.3 Å². The molecule has 1 amide bonds. The Kier molecular flexibility index (Phi) is 7.32. The van der Waals surface area contributed by atoms with E-state index in [-0.39, 0.29) is 12.2 Å². The monoisotopic (exact) mass is 360 g/mol. The third-order valence-corrected chi connectivity index (χ3v) is 5.54. The van der Waals surface area contributed by atoms with Crippen molar-refractivity contribution in [2.45, 2.75) is 45.3 Å². The molecule has 1 aliphatic heterocycles. The zero-order valence-electron chi connectivity index (χ0n) is 15.9. The minimum atomic E-state index is -0.247. The molecule has 26 heavy (non-hydrogen) atoms. The highest BCUT2D eigenvalue weighted by Gasteiger charge is 2.25. The second-order valence-corrected chi connectivity index (χ2v) is 7.76. The summed E-state index contributed by atoms with van der Waals surface area (Å²) in [6, 6.07) is 9.79. The Morgan fingerprint density at radius 2 is 1.96 bits per heavy atom. The van der Waals surface area contributed by atoms with E-state index in [9.17, 15) is 4.79 Å². The summed E-state index contributed by atoms with van der Waals surface area (Å²) in [5.41, 5.74) is 1.01. The molecular formula is C21H32N2O3. The molecule has 1 saturated carbocycles. The first-order valence-electron chi connectivity index (χ1n) is 9.98. The molecule has 2 aliphatic rings. The molecule has 0 spiro atoms. The fourth-order valence-corrected chi connectivity index (χ4v) is 3.80. The van der Waals surface area contributed by atoms with Crippen LogP contribution >= 0.6 is 0 Å². The highest BCUT2D eigenvalue weighted by atomic mass is 16.6. The number of carbonyl (C=O) groups is 1. The van der Waals surface area contributed by atoms with Gasteiger partial charge in [0.25, 0.3) is 0 Å². The zero-order valence-corrected chi connectivity index (χ0v) is 15.9. The molecule has 5 heteroatoms. The number of hydrogen-bond acceptors (Lipinski definition) is 4. The quantitative estimate of drug-likeness (QED) is 0.844. The predicted octanol–water partition coefficient (Wildman–Crippen LogP) is 3.44. The van der Waals surface area contributed by atoms with E-state index >= 15 is 0 Å². The topological polar surface area (TPSA) is 50.8 Å². The van der Waals surface area contributed by atoms with E-state index < -0.39 is 0 Å². The molecule has 0 bridgehead atoms. The van der Waals surface area contributed by atoms with Crippen LogP contribution in [0, 0.1) is 11.8 Å². The fourth-order valence-electron chi connectivity index (χ4n) is 3.80. The highest BCUT2D eigenvalue weighted by molar-refractivity contribution is 5.67. The van der Waals surface area contributed by atoms with Crippen LogP contribution in [0.2, 0.25) is 0 Å². The van der Waals surface area contributed by atoms with Crippen LogP contribution in [-0.4, -0.2) is 49.9 Å². The largest absolute Gasteiger partial charge is 0.445 e. The molecule has 1 aromatic rings. The standard InChI is InChI=1S/C21H32N2O3/c1-17-7-9-18(10-8-17)13-22-14-20-15-23(11-12-25-20)21(24)26-16-19-5-3-2-4-6-19/h2-6,17-18,20,22H,7-16H2,1H3. The van der Waals surface area contributed by atoms with E-state index in [2.05, 4.69) is 12.2 Å². The van der Waals surface area contributed by atoms with Crippen LogP contribution in [0.15, 0.2) is 30.3 Å². The number of benzene rings is 1. The maximum absolute atomic E-state index is 12.3. The average molecular weight is 360 g/mol. The van der Waals surface area contributed by atoms with Gasteiger partial charge in [-0.1, -0.05) is 50.1 Å². The summed E-state index contributed by atoms with van der Waals surface area (Å²) in [4.78, 5) is 14.1. The van der Waals surface area contributed by atoms with Crippen molar-refractivity contribution >= 4 is 6.09 Å². The van der Waals surface area contributed by atoms with Gasteiger partial charge in [0.15, 0.2) is 0 Å². The van der Waals surface area contributed by atoms with Gasteiger partial charge in [0, 0.05) is 13.1 Å². The van der Waals surface area contributed by atoms with Crippen LogP contribution in [0.1, 0.15) is 38.2 Å². The van der Waals surface area contributed by atoms with Gasteiger partial charge >= 0.3 is 6.09 Å². The predicted molar refractivity (Wildman–Crippen MR) is 102 cm³/mol. The number of rotatable bonds is 6. The number of ether oxygens (including phenoxy) is 2. The summed E-state index contributed by atoms with van der Waals surface area (Å²) in [6.45, 7) is 6.31. The lowest BCUT2D eigenvalue weighted by Crippen LogP contribution is -2.49. The molecule has 3 rings (SSSR count). The normalized spacial score (nSPS) is 26.5. The van der Waals surface area contributed by atoms with Crippen molar-refractivity contribution in [1.29, 1.82) is 0 Å². The summed E-state index contributed by atoms with van der Waals surface area (Å²) in [5, 5.41) is 3.55. The molecular weight excluding hydrogens is 328 g/mol. The lowest BCUT2D eigenvalue weighted by atomic mass is 9.83. The van der Waals surface area contributed by atoms with Crippen LogP contribution < -0.4 is 5.32 Å². The Hall–Kier alpha value is -1.59. The Bertz CT molecular complexity index is 543. The number of morpholine rings is 1. The minimum absolute atomic E-state index is 0.0514. The molecule has 0 radical (unpaired) electrons. The number of nitrogens with one attached hydrogen (secondary N) is 1. The molecule has 1 N–H and O–H groups in total. The van der Waals surface area contributed by atoms with Gasteiger partial charge in [0.2, 0.25) is 0 Å². The Morgan fingerprint density at radius 3 is 2.73 bits per heavy atom. The first-order valence-corrected chi connectivity index (χ1v) is 9.98. The first kappa shape index (κ1) is 19.2. The molecule has 1 aliphatic carbocycles. The Labute approximate surface area is 157 Å². The van der Waals surface area contributed by atoms with Crippen molar-refractivity contribution in [1.82, 2.24) is 10.2 Å². The Balaban J connectivity index is 1.34. The summed E-state index contributed by atoms with van der Waals surface area (Å²) < 4.78 is 11.3. The van der Waals surface area contributed by atoms with Crippen LogP contribution in [0.5, 0.6) is 0 Å². The zero-order chi connectivity index (χ0) is 18.2. The van der Waals surface area contributed by atoms with E-state index in [0.717, 1.165) is 30.5 Å². The molecule has 1 saturated heterocycles. The van der Waals surface area contributed by atoms with Gasteiger partial charge in [-0.05, 0) is 36.8 Å². The van der Waals surface area contributed by atoms with Crippen molar-refractivity contribution in [3.63, 3.8) is 0 Å². The smallest absolute Gasteiger partial charge is 0.410 e. The number of amides is 1. The van der Waals surface area contributed by atoms with Gasteiger partial charge in [-0.25, -0.2) is 4.79 Å². The van der Waals surface area contributed by atoms with Crippen LogP contribution in [-0.2, 0) is 16.1 Å². The van der Waals surface area contributed by atoms with Crippen LogP contribution in [0.3, 0.4) is 0 Å². The van der Waals surface area contributed by atoms with E-state index in [4.69, 9.17) is 9.47 Å². The summed E-state index contributed by atoms with van der Waals surface area (Å²) >= 11 is 0. The third kappa shape index (κ3) is 5.99. The molecule has 144 valence electrons. The Morgan fingerprint density at radius 1 is 1.19 bits per heavy atom. The maximum Gasteiger partial charge on any atom is 0.410 e. The second-order valence-electron chi connectivity index (χ2n) is 7.76. The molecule has 0 aromatic heterocycles. The van der Waals surface area contributed by atoms with Gasteiger partial charge < -0.3 is 19.7 Å². The van der Waals surface area contributed by atoms with E-state index in [0.29, 0.717) is 26.3 Å². The molecule has 1 aromatic carbocycles. The van der Waals surface area contributed by atoms with Crippen molar-refractivity contribution in [3.05, 3.63) is 35.9 Å². The van der Waals surface area contributed by atoms with Crippen LogP contribution in [0.4, 0.5) is 4.79 Å². The minimum Gasteiger partial charge on any atom is -0.445 e. The maximum atomic E-state index is 12.3. The third-order valence-electron chi connectivity index (χ3n) is 5.54. The van der Waals surface area contributed by atoms with Crippen molar-refractivity contribution in [2.75, 3.05) is 32.8 Å². The van der Waals surface area contributed by atoms with Crippen molar-refractivity contribution in [3.8, 4) is 0 Å². The van der Waals surface area contributed by atoms with Crippen LogP contribution in [0.25, 0.3) is 0 Å². The van der Waals surface area contributed by atoms with Gasteiger partial charge in [0.1, 0.15) is 6.61 Å². The number of nitrogens with zero attached hydrogens (tertiary/aromatic N) is 1. The average Bonchev–Trinajstić information content (AvgIpc) is 2.69. The van der Waals surface area contributed by atoms with Gasteiger partial charge in [-0.3, -0.25) is 0 Å². The van der Waals surface area contributed by atoms with Gasteiger partial charge in [-0.2, -0.15) is 0 Å². The van der Waals surface area contributed by atoms with Gasteiger partial charge in [0.05, 0.1) is 19.3 Å². The molecule has 2 fully saturated rings. The lowest BCUT2D eigenvalue weighted by Gasteiger charge is -2.33. The number of hydrogen-bond donors (Lipinski definition) is 1. The van der Waals surface area contributed by atoms with E-state index in [1.54, 1.807) is 4.90 Å². The SMILES string of the molecule is CC1CCC(CNCC2CN(C(=O)OCc3ccccc3)CCO2)CC1. The lowest BCUT2D eigenvalue weighted by molar-refractivity contribution is -0.0274. The van der Waals surface area contributed by atoms with E-state index in [1.165, 1.54) is 25.7 Å². The summed E-state index contributed by atoms with van der Waals surface area (Å²) in [5.74, 6) is 1.69. The number of carbonyl (C=O) groups excluding carboxylic acids is 1. The fraction of sp³-hybridized carbons (Fsp3) is 0.667. The highest BCUT2D eigenvalue weighted by Crippen LogP contribution is 2.27. The first-order chi connectivity index (χ1) is 12.7. The molecule has 1 heterocycles. The molecule has 1 unspecified atom stereocenters. The second kappa shape index (κ2) is 9.93. The summed E-state index contributed by atoms with van der Waals surface area (Å²) in [7, 11) is 0.